The third-order valence-corrected chi connectivity index (χ3v) is 4.34. The highest BCUT2D eigenvalue weighted by Gasteiger charge is 2.31. The van der Waals surface area contributed by atoms with Gasteiger partial charge in [-0.1, -0.05) is 26.3 Å². The SMILES string of the molecule is CCC(C)[C@H](c1c(F)ccc(C)c1F)N1CCNCC1.Cl.Cl. The molecule has 0 aliphatic carbocycles. The zero-order valence-corrected chi connectivity index (χ0v) is 15.0. The summed E-state index contributed by atoms with van der Waals surface area (Å²) in [5.41, 5.74) is 0.770. The molecule has 2 rings (SSSR count). The summed E-state index contributed by atoms with van der Waals surface area (Å²) >= 11 is 0. The molecule has 1 unspecified atom stereocenters. The van der Waals surface area contributed by atoms with Gasteiger partial charge in [0.1, 0.15) is 11.6 Å². The van der Waals surface area contributed by atoms with Gasteiger partial charge in [0, 0.05) is 37.8 Å². The molecule has 22 heavy (non-hydrogen) atoms. The largest absolute Gasteiger partial charge is 0.314 e. The molecule has 1 saturated heterocycles. The second kappa shape index (κ2) is 9.66. The Labute approximate surface area is 144 Å². The second-order valence-electron chi connectivity index (χ2n) is 5.71. The van der Waals surface area contributed by atoms with Crippen LogP contribution in [0.3, 0.4) is 0 Å². The Bertz CT molecular complexity index is 466. The molecule has 1 heterocycles. The molecule has 128 valence electrons. The predicted octanol–water partition coefficient (Wildman–Crippen LogP) is 4.11. The van der Waals surface area contributed by atoms with Crippen molar-refractivity contribution in [2.24, 2.45) is 5.92 Å². The number of halogens is 4. The Balaban J connectivity index is 0.00000220. The van der Waals surface area contributed by atoms with Crippen LogP contribution >= 0.6 is 24.8 Å². The first-order valence-electron chi connectivity index (χ1n) is 7.45. The molecule has 1 aromatic carbocycles. The van der Waals surface area contributed by atoms with Crippen LogP contribution in [0.15, 0.2) is 12.1 Å². The first-order valence-corrected chi connectivity index (χ1v) is 7.45. The highest BCUT2D eigenvalue weighted by molar-refractivity contribution is 5.85. The van der Waals surface area contributed by atoms with Crippen molar-refractivity contribution in [3.63, 3.8) is 0 Å². The Morgan fingerprint density at radius 1 is 1.18 bits per heavy atom. The van der Waals surface area contributed by atoms with Gasteiger partial charge in [-0.3, -0.25) is 4.90 Å². The smallest absolute Gasteiger partial charge is 0.133 e. The van der Waals surface area contributed by atoms with Gasteiger partial charge in [-0.05, 0) is 24.5 Å². The topological polar surface area (TPSA) is 15.3 Å². The van der Waals surface area contributed by atoms with E-state index in [2.05, 4.69) is 24.1 Å². The molecule has 1 aromatic rings. The number of nitrogens with one attached hydrogen (secondary N) is 1. The minimum atomic E-state index is -0.420. The lowest BCUT2D eigenvalue weighted by atomic mass is 9.89. The lowest BCUT2D eigenvalue weighted by Gasteiger charge is -2.38. The monoisotopic (exact) mass is 354 g/mol. The molecule has 1 aliphatic rings. The van der Waals surface area contributed by atoms with Crippen molar-refractivity contribution in [3.05, 3.63) is 34.9 Å². The fraction of sp³-hybridized carbons (Fsp3) is 0.625. The van der Waals surface area contributed by atoms with Crippen molar-refractivity contribution in [3.8, 4) is 0 Å². The van der Waals surface area contributed by atoms with Crippen LogP contribution in [0, 0.1) is 24.5 Å². The molecule has 1 fully saturated rings. The van der Waals surface area contributed by atoms with Gasteiger partial charge in [-0.25, -0.2) is 8.78 Å². The number of nitrogens with zero attached hydrogens (tertiary/aromatic N) is 1. The summed E-state index contributed by atoms with van der Waals surface area (Å²) in [6.45, 7) is 9.27. The highest BCUT2D eigenvalue weighted by atomic mass is 35.5. The fourth-order valence-electron chi connectivity index (χ4n) is 2.96. The maximum Gasteiger partial charge on any atom is 0.133 e. The van der Waals surface area contributed by atoms with E-state index < -0.39 is 5.82 Å². The van der Waals surface area contributed by atoms with Crippen LogP contribution < -0.4 is 5.32 Å². The molecule has 1 aliphatic heterocycles. The van der Waals surface area contributed by atoms with E-state index in [0.717, 1.165) is 32.6 Å². The van der Waals surface area contributed by atoms with Crippen molar-refractivity contribution in [1.82, 2.24) is 10.2 Å². The second-order valence-corrected chi connectivity index (χ2v) is 5.71. The van der Waals surface area contributed by atoms with Crippen LogP contribution in [0.5, 0.6) is 0 Å². The predicted molar refractivity (Wildman–Crippen MR) is 92.2 cm³/mol. The molecule has 0 saturated carbocycles. The zero-order chi connectivity index (χ0) is 14.7. The number of hydrogen-bond donors (Lipinski definition) is 1. The average molecular weight is 355 g/mol. The number of piperazine rings is 1. The quantitative estimate of drug-likeness (QED) is 0.875. The molecule has 0 aromatic heterocycles. The molecular formula is C16H26Cl2F2N2. The van der Waals surface area contributed by atoms with E-state index in [1.807, 2.05) is 0 Å². The van der Waals surface area contributed by atoms with Crippen molar-refractivity contribution < 1.29 is 8.78 Å². The normalized spacial score (nSPS) is 18.0. The maximum absolute atomic E-state index is 14.5. The van der Waals surface area contributed by atoms with E-state index in [1.54, 1.807) is 6.92 Å². The van der Waals surface area contributed by atoms with Crippen molar-refractivity contribution in [1.29, 1.82) is 0 Å². The maximum atomic E-state index is 14.5. The number of rotatable bonds is 4. The van der Waals surface area contributed by atoms with E-state index in [1.165, 1.54) is 12.1 Å². The van der Waals surface area contributed by atoms with Crippen LogP contribution in [0.4, 0.5) is 8.78 Å². The van der Waals surface area contributed by atoms with Gasteiger partial charge in [0.05, 0.1) is 0 Å². The first kappa shape index (κ1) is 21.6. The minimum absolute atomic E-state index is 0. The van der Waals surface area contributed by atoms with Gasteiger partial charge in [0.2, 0.25) is 0 Å². The van der Waals surface area contributed by atoms with Crippen LogP contribution in [-0.2, 0) is 0 Å². The number of hydrogen-bond acceptors (Lipinski definition) is 2. The third-order valence-electron chi connectivity index (χ3n) is 4.34. The fourth-order valence-corrected chi connectivity index (χ4v) is 2.96. The molecule has 0 radical (unpaired) electrons. The van der Waals surface area contributed by atoms with Crippen LogP contribution in [-0.4, -0.2) is 31.1 Å². The van der Waals surface area contributed by atoms with Crippen LogP contribution in [0.1, 0.15) is 37.4 Å². The third kappa shape index (κ3) is 4.54. The summed E-state index contributed by atoms with van der Waals surface area (Å²) in [7, 11) is 0. The molecule has 1 N–H and O–H groups in total. The molecule has 2 nitrogen and oxygen atoms in total. The Morgan fingerprint density at radius 3 is 2.32 bits per heavy atom. The Morgan fingerprint density at radius 2 is 1.77 bits per heavy atom. The van der Waals surface area contributed by atoms with Gasteiger partial charge in [0.25, 0.3) is 0 Å². The molecule has 0 bridgehead atoms. The number of benzene rings is 1. The summed E-state index contributed by atoms with van der Waals surface area (Å²) in [6.07, 6.45) is 0.904. The van der Waals surface area contributed by atoms with Crippen molar-refractivity contribution in [2.45, 2.75) is 33.2 Å². The number of aryl methyl sites for hydroxylation is 1. The summed E-state index contributed by atoms with van der Waals surface area (Å²) in [4.78, 5) is 2.21. The first-order chi connectivity index (χ1) is 9.56. The zero-order valence-electron chi connectivity index (χ0n) is 13.4. The van der Waals surface area contributed by atoms with E-state index in [0.29, 0.717) is 5.56 Å². The Hall–Kier alpha value is -0.420. The lowest BCUT2D eigenvalue weighted by molar-refractivity contribution is 0.122. The van der Waals surface area contributed by atoms with Crippen molar-refractivity contribution >= 4 is 24.8 Å². The van der Waals surface area contributed by atoms with Gasteiger partial charge in [0.15, 0.2) is 0 Å². The van der Waals surface area contributed by atoms with E-state index in [4.69, 9.17) is 0 Å². The molecule has 6 heteroatoms. The summed E-state index contributed by atoms with van der Waals surface area (Å²) in [5, 5.41) is 3.29. The van der Waals surface area contributed by atoms with Crippen LogP contribution in [0.25, 0.3) is 0 Å². The van der Waals surface area contributed by atoms with E-state index >= 15 is 0 Å². The van der Waals surface area contributed by atoms with E-state index in [9.17, 15) is 8.78 Å². The van der Waals surface area contributed by atoms with E-state index in [-0.39, 0.29) is 48.2 Å². The molecular weight excluding hydrogens is 329 g/mol. The highest BCUT2D eigenvalue weighted by Crippen LogP contribution is 2.35. The molecule has 0 amide bonds. The van der Waals surface area contributed by atoms with Gasteiger partial charge < -0.3 is 5.32 Å². The standard InChI is InChI=1S/C16H24F2N2.2ClH/c1-4-11(2)16(20-9-7-19-8-10-20)14-13(17)6-5-12(3)15(14)18;;/h5-6,11,16,19H,4,7-10H2,1-3H3;2*1H/t11?,16-;;/m1../s1. The van der Waals surface area contributed by atoms with Crippen molar-refractivity contribution in [2.75, 3.05) is 26.2 Å². The van der Waals surface area contributed by atoms with Gasteiger partial charge >= 0.3 is 0 Å². The van der Waals surface area contributed by atoms with Crippen LogP contribution in [0.2, 0.25) is 0 Å². The lowest BCUT2D eigenvalue weighted by Crippen LogP contribution is -2.47. The minimum Gasteiger partial charge on any atom is -0.314 e. The average Bonchev–Trinajstić information content (AvgIpc) is 2.48. The summed E-state index contributed by atoms with van der Waals surface area (Å²) in [6, 6.07) is 2.73. The van der Waals surface area contributed by atoms with Gasteiger partial charge in [-0.2, -0.15) is 0 Å². The summed E-state index contributed by atoms with van der Waals surface area (Å²) in [5.74, 6) is -0.579. The Kier molecular flexibility index (Phi) is 9.47. The van der Waals surface area contributed by atoms with Gasteiger partial charge in [-0.15, -0.1) is 24.8 Å². The molecule has 2 atom stereocenters. The summed E-state index contributed by atoms with van der Waals surface area (Å²) < 4.78 is 28.7. The molecule has 0 spiro atoms.